The van der Waals surface area contributed by atoms with E-state index in [-0.39, 0.29) is 6.61 Å². The Labute approximate surface area is 108 Å². The molecule has 0 aromatic carbocycles. The molecule has 17 heavy (non-hydrogen) atoms. The van der Waals surface area contributed by atoms with Crippen LogP contribution in [0.2, 0.25) is 0 Å². The maximum absolute atomic E-state index is 11.6. The van der Waals surface area contributed by atoms with Crippen molar-refractivity contribution in [2.45, 2.75) is 0 Å². The Bertz CT molecular complexity index is 315. The van der Waals surface area contributed by atoms with Gasteiger partial charge in [-0.1, -0.05) is 6.07 Å². The molecule has 0 saturated carbocycles. The molecule has 1 aromatic heterocycles. The highest BCUT2D eigenvalue weighted by atomic mass is 79.9. The Hall–Kier alpha value is -0.720. The van der Waals surface area contributed by atoms with Gasteiger partial charge in [0.25, 0.3) is 0 Å². The lowest BCUT2D eigenvalue weighted by Crippen LogP contribution is -2.11. The molecule has 0 amide bonds. The molecule has 0 spiro atoms. The number of nitrogens with zero attached hydrogens (tertiary/aromatic N) is 1. The van der Waals surface area contributed by atoms with E-state index < -0.39 is 6.67 Å². The number of aromatic nitrogens is 1. The third kappa shape index (κ3) is 7.25. The number of halogens is 2. The summed E-state index contributed by atoms with van der Waals surface area (Å²) in [7, 11) is 0. The van der Waals surface area contributed by atoms with Crippen LogP contribution < -0.4 is 4.74 Å². The van der Waals surface area contributed by atoms with Crippen LogP contribution in [0.4, 0.5) is 4.39 Å². The van der Waals surface area contributed by atoms with E-state index in [1.807, 2.05) is 12.1 Å². The van der Waals surface area contributed by atoms with E-state index >= 15 is 0 Å². The van der Waals surface area contributed by atoms with Crippen LogP contribution in [0.25, 0.3) is 0 Å². The second kappa shape index (κ2) is 9.32. The van der Waals surface area contributed by atoms with Crippen LogP contribution in [0.15, 0.2) is 22.8 Å². The van der Waals surface area contributed by atoms with E-state index in [1.54, 1.807) is 6.07 Å². The summed E-state index contributed by atoms with van der Waals surface area (Å²) in [6.07, 6.45) is 0. The van der Waals surface area contributed by atoms with Crippen molar-refractivity contribution in [1.82, 2.24) is 4.98 Å². The van der Waals surface area contributed by atoms with Crippen molar-refractivity contribution in [1.29, 1.82) is 0 Å². The second-order valence-corrected chi connectivity index (χ2v) is 3.87. The molecule has 0 aliphatic rings. The fourth-order valence-corrected chi connectivity index (χ4v) is 1.38. The molecule has 0 saturated heterocycles. The average molecular weight is 308 g/mol. The summed E-state index contributed by atoms with van der Waals surface area (Å²) in [5, 5.41) is 0. The monoisotopic (exact) mass is 307 g/mol. The van der Waals surface area contributed by atoms with Crippen molar-refractivity contribution in [3.63, 3.8) is 0 Å². The van der Waals surface area contributed by atoms with Crippen molar-refractivity contribution < 1.29 is 18.6 Å². The summed E-state index contributed by atoms with van der Waals surface area (Å²) < 4.78 is 27.9. The van der Waals surface area contributed by atoms with E-state index in [2.05, 4.69) is 20.9 Å². The average Bonchev–Trinajstić information content (AvgIpc) is 2.33. The Kier molecular flexibility index (Phi) is 7.87. The van der Waals surface area contributed by atoms with Gasteiger partial charge >= 0.3 is 0 Å². The first-order chi connectivity index (χ1) is 8.33. The quantitative estimate of drug-likeness (QED) is 0.518. The number of rotatable bonds is 9. The normalized spacial score (nSPS) is 10.5. The van der Waals surface area contributed by atoms with Gasteiger partial charge in [0.05, 0.1) is 26.4 Å². The summed E-state index contributed by atoms with van der Waals surface area (Å²) in [5.74, 6) is 0.552. The number of ether oxygens (including phenoxy) is 3. The summed E-state index contributed by atoms with van der Waals surface area (Å²) in [6.45, 7) is 1.38. The molecule has 0 radical (unpaired) electrons. The molecular weight excluding hydrogens is 293 g/mol. The molecule has 0 atom stereocenters. The first-order valence-electron chi connectivity index (χ1n) is 5.29. The molecule has 1 aromatic rings. The maximum Gasteiger partial charge on any atom is 0.214 e. The van der Waals surface area contributed by atoms with Gasteiger partial charge in [-0.3, -0.25) is 0 Å². The highest BCUT2D eigenvalue weighted by Crippen LogP contribution is 2.11. The molecule has 1 rings (SSSR count). The SMILES string of the molecule is FCCOCCOCCOc1cccc(Br)n1. The summed E-state index contributed by atoms with van der Waals surface area (Å²) in [4.78, 5) is 4.10. The van der Waals surface area contributed by atoms with Gasteiger partial charge in [0, 0.05) is 6.07 Å². The standard InChI is InChI=1S/C11H15BrFNO3/c12-10-2-1-3-11(14-10)17-9-8-16-7-6-15-5-4-13/h1-3H,4-9H2. The van der Waals surface area contributed by atoms with Crippen LogP contribution in [0.3, 0.4) is 0 Å². The molecule has 0 bridgehead atoms. The zero-order valence-electron chi connectivity index (χ0n) is 9.40. The van der Waals surface area contributed by atoms with Crippen LogP contribution in [0.5, 0.6) is 5.88 Å². The Morgan fingerprint density at radius 3 is 2.47 bits per heavy atom. The molecule has 1 heterocycles. The van der Waals surface area contributed by atoms with Gasteiger partial charge in [-0.2, -0.15) is 0 Å². The summed E-state index contributed by atoms with van der Waals surface area (Å²) in [5.41, 5.74) is 0. The smallest absolute Gasteiger partial charge is 0.214 e. The van der Waals surface area contributed by atoms with E-state index in [4.69, 9.17) is 14.2 Å². The molecule has 96 valence electrons. The lowest BCUT2D eigenvalue weighted by Gasteiger charge is -2.06. The van der Waals surface area contributed by atoms with Gasteiger partial charge in [0.2, 0.25) is 5.88 Å². The Morgan fingerprint density at radius 2 is 1.76 bits per heavy atom. The van der Waals surface area contributed by atoms with Gasteiger partial charge in [-0.05, 0) is 22.0 Å². The van der Waals surface area contributed by atoms with Crippen molar-refractivity contribution in [2.75, 3.05) is 39.7 Å². The van der Waals surface area contributed by atoms with Crippen molar-refractivity contribution in [2.24, 2.45) is 0 Å². The molecule has 0 fully saturated rings. The number of hydrogen-bond acceptors (Lipinski definition) is 4. The number of alkyl halides is 1. The molecule has 0 unspecified atom stereocenters. The highest BCUT2D eigenvalue weighted by molar-refractivity contribution is 9.10. The van der Waals surface area contributed by atoms with Crippen molar-refractivity contribution in [3.8, 4) is 5.88 Å². The van der Waals surface area contributed by atoms with Crippen LogP contribution in [0.1, 0.15) is 0 Å². The van der Waals surface area contributed by atoms with Gasteiger partial charge in [0.15, 0.2) is 0 Å². The first-order valence-corrected chi connectivity index (χ1v) is 6.09. The molecule has 0 aliphatic carbocycles. The van der Waals surface area contributed by atoms with Gasteiger partial charge in [0.1, 0.15) is 17.9 Å². The van der Waals surface area contributed by atoms with Crippen LogP contribution >= 0.6 is 15.9 Å². The molecular formula is C11H15BrFNO3. The number of pyridine rings is 1. The third-order valence-corrected chi connectivity index (χ3v) is 2.20. The van der Waals surface area contributed by atoms with Gasteiger partial charge in [-0.15, -0.1) is 0 Å². The minimum Gasteiger partial charge on any atom is -0.475 e. The summed E-state index contributed by atoms with van der Waals surface area (Å²) in [6, 6.07) is 5.44. The fourth-order valence-electron chi connectivity index (χ4n) is 1.05. The second-order valence-electron chi connectivity index (χ2n) is 3.06. The van der Waals surface area contributed by atoms with E-state index in [0.717, 1.165) is 4.60 Å². The van der Waals surface area contributed by atoms with Crippen LogP contribution in [-0.2, 0) is 9.47 Å². The van der Waals surface area contributed by atoms with Crippen LogP contribution in [0, 0.1) is 0 Å². The lowest BCUT2D eigenvalue weighted by molar-refractivity contribution is 0.0320. The van der Waals surface area contributed by atoms with E-state index in [0.29, 0.717) is 32.3 Å². The minimum atomic E-state index is -0.461. The van der Waals surface area contributed by atoms with Crippen molar-refractivity contribution >= 4 is 15.9 Å². The Balaban J connectivity index is 1.97. The minimum absolute atomic E-state index is 0.127. The zero-order valence-corrected chi connectivity index (χ0v) is 11.0. The lowest BCUT2D eigenvalue weighted by atomic mass is 10.5. The molecule has 0 N–H and O–H groups in total. The van der Waals surface area contributed by atoms with Gasteiger partial charge in [-0.25, -0.2) is 9.37 Å². The number of hydrogen-bond donors (Lipinski definition) is 0. The Morgan fingerprint density at radius 1 is 1.06 bits per heavy atom. The summed E-state index contributed by atoms with van der Waals surface area (Å²) >= 11 is 3.25. The predicted octanol–water partition coefficient (Wildman–Crippen LogP) is 2.23. The molecule has 0 aliphatic heterocycles. The van der Waals surface area contributed by atoms with Crippen LogP contribution in [-0.4, -0.2) is 44.7 Å². The topological polar surface area (TPSA) is 40.6 Å². The van der Waals surface area contributed by atoms with E-state index in [9.17, 15) is 4.39 Å². The third-order valence-electron chi connectivity index (χ3n) is 1.76. The largest absolute Gasteiger partial charge is 0.475 e. The van der Waals surface area contributed by atoms with E-state index in [1.165, 1.54) is 0 Å². The highest BCUT2D eigenvalue weighted by Gasteiger charge is 1.96. The predicted molar refractivity (Wildman–Crippen MR) is 65.0 cm³/mol. The van der Waals surface area contributed by atoms with Gasteiger partial charge < -0.3 is 14.2 Å². The van der Waals surface area contributed by atoms with Crippen molar-refractivity contribution in [3.05, 3.63) is 22.8 Å². The molecule has 6 heteroatoms. The maximum atomic E-state index is 11.6. The zero-order chi connectivity index (χ0) is 12.3. The first kappa shape index (κ1) is 14.3. The fraction of sp³-hybridized carbons (Fsp3) is 0.545. The molecule has 4 nitrogen and oxygen atoms in total.